The fourth-order valence-electron chi connectivity index (χ4n) is 1.99. The summed E-state index contributed by atoms with van der Waals surface area (Å²) in [4.78, 5) is 63.8. The fraction of sp³-hybridized carbons (Fsp3) is 0.650. The summed E-state index contributed by atoms with van der Waals surface area (Å²) in [6.07, 6.45) is 0.832. The van der Waals surface area contributed by atoms with Crippen LogP contribution in [-0.2, 0) is 28.8 Å². The Morgan fingerprint density at radius 2 is 1.05 bits per heavy atom. The second kappa shape index (κ2) is 25.2. The standard InChI is InChI=1S/C6H14N4O2.C6H14N2O2.C6H8O7.C2H5NO2/c7-4(5(11)12)2-1-3-10-6(8)9;7-4-2-1-3-5(8)6(9)10;7-3(8)1-6(13,5(11)12)2-4(9)10;3-1-2(4)5/h4H,1-3,7H2,(H,11,12)(H4,8,9,10);5H,1-4,7-8H2,(H,9,10);13H,1-2H2,(H,7,8)(H,9,10)(H,11,12);1,3H2,(H,4,5). The highest BCUT2D eigenvalue weighted by Gasteiger charge is 2.40. The Balaban J connectivity index is -0.000000225. The van der Waals surface area contributed by atoms with Crippen molar-refractivity contribution >= 4 is 41.8 Å². The van der Waals surface area contributed by atoms with Gasteiger partial charge in [-0.1, -0.05) is 6.42 Å². The van der Waals surface area contributed by atoms with Gasteiger partial charge in [0.2, 0.25) is 0 Å². The Hall–Kier alpha value is -4.11. The second-order valence-electron chi connectivity index (χ2n) is 7.70. The normalized spacial score (nSPS) is 11.3. The number of guanidine groups is 1. The van der Waals surface area contributed by atoms with Crippen molar-refractivity contribution in [3.63, 3.8) is 0 Å². The zero-order valence-corrected chi connectivity index (χ0v) is 21.7. The number of nitrogens with two attached hydrogens (primary N) is 6. The minimum Gasteiger partial charge on any atom is -0.481 e. The number of hydrogen-bond acceptors (Lipinski definition) is 12. The van der Waals surface area contributed by atoms with E-state index in [1.807, 2.05) is 0 Å². The molecule has 20 heteroatoms. The average molecular weight is 588 g/mol. The molecule has 0 aromatic rings. The number of unbranched alkanes of at least 4 members (excludes halogenated alkanes) is 1. The Morgan fingerprint density at radius 3 is 1.30 bits per heavy atom. The van der Waals surface area contributed by atoms with E-state index in [0.717, 1.165) is 12.8 Å². The summed E-state index contributed by atoms with van der Waals surface area (Å²) in [6.45, 7) is 0.746. The quantitative estimate of drug-likeness (QED) is 0.0461. The van der Waals surface area contributed by atoms with Crippen LogP contribution in [0.2, 0.25) is 0 Å². The van der Waals surface area contributed by atoms with Gasteiger partial charge < -0.3 is 70.1 Å². The van der Waals surface area contributed by atoms with Gasteiger partial charge in [-0.2, -0.15) is 0 Å². The van der Waals surface area contributed by atoms with E-state index in [2.05, 4.69) is 10.7 Å². The van der Waals surface area contributed by atoms with Gasteiger partial charge in [-0.3, -0.25) is 29.0 Å². The van der Waals surface area contributed by atoms with Crippen molar-refractivity contribution in [2.24, 2.45) is 39.4 Å². The summed E-state index contributed by atoms with van der Waals surface area (Å²) in [5.41, 5.74) is 27.6. The van der Waals surface area contributed by atoms with Crippen molar-refractivity contribution in [3.05, 3.63) is 0 Å². The van der Waals surface area contributed by atoms with Crippen molar-refractivity contribution in [2.75, 3.05) is 19.6 Å². The molecule has 0 saturated carbocycles. The average Bonchev–Trinajstić information content (AvgIpc) is 2.81. The highest BCUT2D eigenvalue weighted by molar-refractivity contribution is 5.88. The molecule has 0 aromatic carbocycles. The molecule has 0 spiro atoms. The zero-order valence-electron chi connectivity index (χ0n) is 21.7. The van der Waals surface area contributed by atoms with Gasteiger partial charge in [0.05, 0.1) is 19.4 Å². The molecule has 0 bridgehead atoms. The van der Waals surface area contributed by atoms with Gasteiger partial charge >= 0.3 is 35.8 Å². The first-order valence-electron chi connectivity index (χ1n) is 11.3. The third kappa shape index (κ3) is 31.9. The first kappa shape index (κ1) is 43.0. The van der Waals surface area contributed by atoms with Crippen molar-refractivity contribution in [3.8, 4) is 0 Å². The number of rotatable bonds is 16. The number of aliphatic carboxylic acids is 6. The number of carboxylic acids is 6. The Morgan fingerprint density at radius 1 is 0.675 bits per heavy atom. The van der Waals surface area contributed by atoms with E-state index in [9.17, 15) is 28.8 Å². The smallest absolute Gasteiger partial charge is 0.336 e. The van der Waals surface area contributed by atoms with Crippen LogP contribution in [0.25, 0.3) is 0 Å². The van der Waals surface area contributed by atoms with Gasteiger partial charge in [0, 0.05) is 6.54 Å². The van der Waals surface area contributed by atoms with Crippen LogP contribution in [0, 0.1) is 0 Å². The number of aliphatic imine (C=N–C) groups is 1. The van der Waals surface area contributed by atoms with Gasteiger partial charge in [0.1, 0.15) is 12.1 Å². The summed E-state index contributed by atoms with van der Waals surface area (Å²) in [6, 6.07) is -1.54. The summed E-state index contributed by atoms with van der Waals surface area (Å²) in [5, 5.41) is 58.1. The maximum absolute atomic E-state index is 10.3. The van der Waals surface area contributed by atoms with E-state index in [1.165, 1.54) is 0 Å². The van der Waals surface area contributed by atoms with Crippen LogP contribution >= 0.6 is 0 Å². The number of hydrogen-bond donors (Lipinski definition) is 13. The SMILES string of the molecule is NC(N)=NCCCC(N)C(=O)O.NCC(=O)O.NCCCCC(N)C(=O)O.O=C(O)CC(O)(CC(=O)O)C(=O)O. The first-order chi connectivity index (χ1) is 18.3. The van der Waals surface area contributed by atoms with Crippen LogP contribution in [0.5, 0.6) is 0 Å². The Labute approximate surface area is 228 Å². The van der Waals surface area contributed by atoms with Gasteiger partial charge in [0.25, 0.3) is 0 Å². The summed E-state index contributed by atoms with van der Waals surface area (Å²) in [7, 11) is 0. The van der Waals surface area contributed by atoms with E-state index in [1.54, 1.807) is 0 Å². The Bertz CT molecular complexity index is 805. The molecule has 0 heterocycles. The van der Waals surface area contributed by atoms with E-state index in [0.29, 0.717) is 32.4 Å². The third-order valence-electron chi connectivity index (χ3n) is 4.03. The third-order valence-corrected chi connectivity index (χ3v) is 4.03. The lowest BCUT2D eigenvalue weighted by molar-refractivity contribution is -0.170. The molecule has 40 heavy (non-hydrogen) atoms. The second-order valence-corrected chi connectivity index (χ2v) is 7.70. The van der Waals surface area contributed by atoms with Crippen molar-refractivity contribution in [1.29, 1.82) is 0 Å². The highest BCUT2D eigenvalue weighted by atomic mass is 16.4. The molecule has 0 aromatic heterocycles. The number of aliphatic hydroxyl groups is 1. The summed E-state index contributed by atoms with van der Waals surface area (Å²) < 4.78 is 0. The first-order valence-corrected chi connectivity index (χ1v) is 11.3. The van der Waals surface area contributed by atoms with E-state index in [4.69, 9.17) is 64.4 Å². The predicted octanol–water partition coefficient (Wildman–Crippen LogP) is -4.24. The lowest BCUT2D eigenvalue weighted by atomic mass is 9.96. The highest BCUT2D eigenvalue weighted by Crippen LogP contribution is 2.15. The van der Waals surface area contributed by atoms with Crippen LogP contribution in [0.1, 0.15) is 44.9 Å². The maximum Gasteiger partial charge on any atom is 0.336 e. The van der Waals surface area contributed by atoms with Crippen molar-refractivity contribution in [1.82, 2.24) is 0 Å². The largest absolute Gasteiger partial charge is 0.481 e. The van der Waals surface area contributed by atoms with Gasteiger partial charge in [-0.15, -0.1) is 0 Å². The fourth-order valence-corrected chi connectivity index (χ4v) is 1.99. The molecular weight excluding hydrogens is 546 g/mol. The number of carboxylic acid groups (broad SMARTS) is 6. The molecule has 234 valence electrons. The van der Waals surface area contributed by atoms with Crippen LogP contribution in [0.15, 0.2) is 4.99 Å². The minimum absolute atomic E-state index is 0.0129. The Kier molecular flexibility index (Phi) is 27.0. The van der Waals surface area contributed by atoms with Crippen LogP contribution < -0.4 is 34.4 Å². The van der Waals surface area contributed by atoms with E-state index >= 15 is 0 Å². The molecule has 0 aliphatic carbocycles. The zero-order chi connectivity index (χ0) is 32.5. The molecule has 0 saturated heterocycles. The summed E-state index contributed by atoms with van der Waals surface area (Å²) in [5.74, 6) is -7.91. The topological polar surface area (TPSA) is 413 Å². The van der Waals surface area contributed by atoms with Gasteiger partial charge in [0.15, 0.2) is 11.6 Å². The minimum atomic E-state index is -2.74. The molecule has 20 nitrogen and oxygen atoms in total. The molecule has 0 amide bonds. The maximum atomic E-state index is 10.3. The van der Waals surface area contributed by atoms with Crippen LogP contribution in [0.3, 0.4) is 0 Å². The molecule has 2 unspecified atom stereocenters. The predicted molar refractivity (Wildman–Crippen MR) is 138 cm³/mol. The molecule has 0 rings (SSSR count). The molecule has 0 fully saturated rings. The van der Waals surface area contributed by atoms with Crippen molar-refractivity contribution < 1.29 is 64.5 Å². The lowest BCUT2D eigenvalue weighted by Crippen LogP contribution is -2.42. The van der Waals surface area contributed by atoms with E-state index in [-0.39, 0.29) is 12.5 Å². The molecular formula is C20H41N7O13. The number of nitrogens with zero attached hydrogens (tertiary/aromatic N) is 1. The molecule has 19 N–H and O–H groups in total. The monoisotopic (exact) mass is 587 g/mol. The summed E-state index contributed by atoms with van der Waals surface area (Å²) >= 11 is 0. The van der Waals surface area contributed by atoms with Crippen LogP contribution in [0.4, 0.5) is 0 Å². The molecule has 0 aliphatic heterocycles. The molecule has 2 atom stereocenters. The van der Waals surface area contributed by atoms with E-state index < -0.39 is 66.3 Å². The van der Waals surface area contributed by atoms with Crippen molar-refractivity contribution in [2.45, 2.75) is 62.6 Å². The lowest BCUT2D eigenvalue weighted by Gasteiger charge is -2.18. The molecule has 0 radical (unpaired) electrons. The number of carbonyl (C=O) groups is 6. The molecule has 0 aliphatic rings. The van der Waals surface area contributed by atoms with Gasteiger partial charge in [-0.05, 0) is 32.2 Å². The van der Waals surface area contributed by atoms with Gasteiger partial charge in [-0.25, -0.2) is 4.79 Å². The van der Waals surface area contributed by atoms with Crippen LogP contribution in [-0.4, -0.2) is 115 Å².